The van der Waals surface area contributed by atoms with Crippen LogP contribution in [0.15, 0.2) is 54.7 Å². The highest BCUT2D eigenvalue weighted by Gasteiger charge is 2.44. The molecule has 8 heteroatoms. The lowest BCUT2D eigenvalue weighted by Gasteiger charge is -2.32. The van der Waals surface area contributed by atoms with E-state index in [1.807, 2.05) is 30.5 Å². The van der Waals surface area contributed by atoms with E-state index in [-0.39, 0.29) is 12.0 Å². The molecule has 32 heavy (non-hydrogen) atoms. The molecule has 2 N–H and O–H groups in total. The molecule has 0 spiro atoms. The van der Waals surface area contributed by atoms with Crippen LogP contribution >= 0.6 is 22.9 Å². The molecule has 2 amide bonds. The minimum atomic E-state index is -0.631. The summed E-state index contributed by atoms with van der Waals surface area (Å²) in [7, 11) is 1.45. The highest BCUT2D eigenvalue weighted by Crippen LogP contribution is 2.43. The number of para-hydroxylation sites is 1. The zero-order chi connectivity index (χ0) is 22.6. The number of methoxy groups -OCH3 is 1. The van der Waals surface area contributed by atoms with Crippen molar-refractivity contribution in [2.45, 2.75) is 37.5 Å². The van der Waals surface area contributed by atoms with Crippen LogP contribution in [-0.2, 0) is 14.9 Å². The quantitative estimate of drug-likeness (QED) is 0.419. The number of hydrogen-bond acceptors (Lipinski definition) is 5. The normalized spacial score (nSPS) is 15.1. The van der Waals surface area contributed by atoms with Gasteiger partial charge in [-0.15, -0.1) is 11.3 Å². The van der Waals surface area contributed by atoms with Gasteiger partial charge in [0, 0.05) is 11.9 Å². The number of urea groups is 1. The molecule has 166 valence electrons. The van der Waals surface area contributed by atoms with E-state index >= 15 is 0 Å². The Morgan fingerprint density at radius 1 is 1.03 bits per heavy atom. The van der Waals surface area contributed by atoms with Crippen LogP contribution in [-0.4, -0.2) is 24.1 Å². The van der Waals surface area contributed by atoms with Crippen LogP contribution in [0.2, 0.25) is 5.02 Å². The summed E-state index contributed by atoms with van der Waals surface area (Å²) < 4.78 is 5.14. The first-order valence-corrected chi connectivity index (χ1v) is 11.7. The van der Waals surface area contributed by atoms with Crippen LogP contribution in [0.25, 0.3) is 10.4 Å². The first-order chi connectivity index (χ1) is 15.5. The van der Waals surface area contributed by atoms with Gasteiger partial charge in [0.25, 0.3) is 0 Å². The number of aromatic nitrogens is 1. The van der Waals surface area contributed by atoms with Crippen molar-refractivity contribution >= 4 is 46.3 Å². The molecule has 1 aromatic heterocycles. The molecule has 0 atom stereocenters. The fourth-order valence-electron chi connectivity index (χ4n) is 4.05. The predicted molar refractivity (Wildman–Crippen MR) is 128 cm³/mol. The first-order valence-electron chi connectivity index (χ1n) is 10.5. The van der Waals surface area contributed by atoms with Crippen molar-refractivity contribution < 1.29 is 14.3 Å². The number of ether oxygens (including phenoxy) is 1. The molecule has 4 rings (SSSR count). The Balaban J connectivity index is 1.47. The van der Waals surface area contributed by atoms with Crippen LogP contribution in [0, 0.1) is 0 Å². The van der Waals surface area contributed by atoms with E-state index in [1.165, 1.54) is 18.4 Å². The van der Waals surface area contributed by atoms with Gasteiger partial charge in [-0.3, -0.25) is 4.79 Å². The molecule has 0 bridgehead atoms. The average molecular weight is 470 g/mol. The van der Waals surface area contributed by atoms with Crippen molar-refractivity contribution in [2.24, 2.45) is 0 Å². The Bertz CT molecular complexity index is 1110. The third kappa shape index (κ3) is 4.64. The molecule has 1 heterocycles. The standard InChI is InChI=1S/C24H24ClN3O3S/c1-31-22(29)24(13-5-2-6-14-24)21-26-15-20(32-21)16-9-11-17(12-10-16)27-23(30)28-19-8-4-3-7-18(19)25/h3-4,7-12,15H,2,5-6,13-14H2,1H3,(H2,27,28,30). The van der Waals surface area contributed by atoms with Crippen molar-refractivity contribution in [3.05, 3.63) is 64.8 Å². The van der Waals surface area contributed by atoms with Gasteiger partial charge in [-0.1, -0.05) is 55.1 Å². The SMILES string of the molecule is COC(=O)C1(c2ncc(-c3ccc(NC(=O)Nc4ccccc4Cl)cc3)s2)CCCCC1. The second kappa shape index (κ2) is 9.71. The third-order valence-corrected chi connectivity index (χ3v) is 7.33. The second-order valence-electron chi connectivity index (χ2n) is 7.80. The highest BCUT2D eigenvalue weighted by molar-refractivity contribution is 7.15. The van der Waals surface area contributed by atoms with E-state index < -0.39 is 5.41 Å². The number of carbonyl (C=O) groups excluding carboxylic acids is 2. The molecule has 0 radical (unpaired) electrons. The number of benzene rings is 2. The number of amides is 2. The summed E-state index contributed by atoms with van der Waals surface area (Å²) >= 11 is 7.61. The number of carbonyl (C=O) groups is 2. The molecule has 0 unspecified atom stereocenters. The Morgan fingerprint density at radius 2 is 1.75 bits per heavy atom. The molecule has 0 aliphatic heterocycles. The van der Waals surface area contributed by atoms with Gasteiger partial charge in [-0.2, -0.15) is 0 Å². The minimum absolute atomic E-state index is 0.192. The second-order valence-corrected chi connectivity index (χ2v) is 9.24. The highest BCUT2D eigenvalue weighted by atomic mass is 35.5. The maximum atomic E-state index is 12.6. The van der Waals surface area contributed by atoms with E-state index in [1.54, 1.807) is 24.3 Å². The molecule has 6 nitrogen and oxygen atoms in total. The number of thiazole rings is 1. The summed E-state index contributed by atoms with van der Waals surface area (Å²) in [5, 5.41) is 6.82. The first kappa shape index (κ1) is 22.3. The minimum Gasteiger partial charge on any atom is -0.468 e. The molecule has 1 aliphatic carbocycles. The van der Waals surface area contributed by atoms with Crippen molar-refractivity contribution in [1.82, 2.24) is 4.98 Å². The lowest BCUT2D eigenvalue weighted by molar-refractivity contribution is -0.149. The van der Waals surface area contributed by atoms with Crippen LogP contribution < -0.4 is 10.6 Å². The monoisotopic (exact) mass is 469 g/mol. The van der Waals surface area contributed by atoms with Gasteiger partial charge in [0.05, 0.1) is 22.7 Å². The van der Waals surface area contributed by atoms with E-state index in [0.717, 1.165) is 47.6 Å². The van der Waals surface area contributed by atoms with Crippen LogP contribution in [0.1, 0.15) is 37.1 Å². The molecule has 2 aromatic carbocycles. The summed E-state index contributed by atoms with van der Waals surface area (Å²) in [6, 6.07) is 14.2. The summed E-state index contributed by atoms with van der Waals surface area (Å²) in [4.78, 5) is 30.5. The van der Waals surface area contributed by atoms with E-state index in [9.17, 15) is 9.59 Å². The molecule has 0 saturated heterocycles. The molecule has 1 fully saturated rings. The number of anilines is 2. The fourth-order valence-corrected chi connectivity index (χ4v) is 5.39. The van der Waals surface area contributed by atoms with Crippen LogP contribution in [0.4, 0.5) is 16.2 Å². The van der Waals surface area contributed by atoms with Crippen molar-refractivity contribution in [3.8, 4) is 10.4 Å². The maximum Gasteiger partial charge on any atom is 0.323 e. The molecule has 1 saturated carbocycles. The average Bonchev–Trinajstić information content (AvgIpc) is 3.32. The van der Waals surface area contributed by atoms with Crippen molar-refractivity contribution in [1.29, 1.82) is 0 Å². The van der Waals surface area contributed by atoms with Gasteiger partial charge < -0.3 is 15.4 Å². The number of nitrogens with one attached hydrogen (secondary N) is 2. The topological polar surface area (TPSA) is 80.3 Å². The Hall–Kier alpha value is -2.90. The zero-order valence-electron chi connectivity index (χ0n) is 17.7. The van der Waals surface area contributed by atoms with Crippen molar-refractivity contribution in [3.63, 3.8) is 0 Å². The largest absolute Gasteiger partial charge is 0.468 e. The number of hydrogen-bond donors (Lipinski definition) is 2. The summed E-state index contributed by atoms with van der Waals surface area (Å²) in [5.41, 5.74) is 1.54. The van der Waals surface area contributed by atoms with Crippen LogP contribution in [0.3, 0.4) is 0 Å². The van der Waals surface area contributed by atoms with Gasteiger partial charge >= 0.3 is 12.0 Å². The van der Waals surface area contributed by atoms with Gasteiger partial charge in [0.15, 0.2) is 0 Å². The van der Waals surface area contributed by atoms with Gasteiger partial charge in [-0.05, 0) is 42.7 Å². The van der Waals surface area contributed by atoms with Gasteiger partial charge in [-0.25, -0.2) is 9.78 Å². The number of rotatable bonds is 5. The van der Waals surface area contributed by atoms with Gasteiger partial charge in [0.1, 0.15) is 10.4 Å². The summed E-state index contributed by atoms with van der Waals surface area (Å²) in [5.74, 6) is -0.192. The number of esters is 1. The fraction of sp³-hybridized carbons (Fsp3) is 0.292. The number of nitrogens with zero attached hydrogens (tertiary/aromatic N) is 1. The molecular formula is C24H24ClN3O3S. The predicted octanol–water partition coefficient (Wildman–Crippen LogP) is 6.48. The Labute approximate surface area is 196 Å². The smallest absolute Gasteiger partial charge is 0.323 e. The van der Waals surface area contributed by atoms with Gasteiger partial charge in [0.2, 0.25) is 0 Å². The molecular weight excluding hydrogens is 446 g/mol. The maximum absolute atomic E-state index is 12.6. The van der Waals surface area contributed by atoms with E-state index in [4.69, 9.17) is 16.3 Å². The zero-order valence-corrected chi connectivity index (χ0v) is 19.3. The van der Waals surface area contributed by atoms with E-state index in [0.29, 0.717) is 16.4 Å². The molecule has 3 aromatic rings. The third-order valence-electron chi connectivity index (χ3n) is 5.75. The lowest BCUT2D eigenvalue weighted by atomic mass is 9.74. The van der Waals surface area contributed by atoms with E-state index in [2.05, 4.69) is 15.6 Å². The van der Waals surface area contributed by atoms with Crippen LogP contribution in [0.5, 0.6) is 0 Å². The molecule has 1 aliphatic rings. The van der Waals surface area contributed by atoms with Crippen molar-refractivity contribution in [2.75, 3.05) is 17.7 Å². The lowest BCUT2D eigenvalue weighted by Crippen LogP contribution is -2.38. The number of halogens is 1. The summed E-state index contributed by atoms with van der Waals surface area (Å²) in [6.07, 6.45) is 6.49. The Morgan fingerprint density at radius 3 is 2.44 bits per heavy atom. The Kier molecular flexibility index (Phi) is 6.77. The summed E-state index contributed by atoms with van der Waals surface area (Å²) in [6.45, 7) is 0.